The van der Waals surface area contributed by atoms with Gasteiger partial charge in [0.1, 0.15) is 6.61 Å². The molecule has 4 heteroatoms. The van der Waals surface area contributed by atoms with E-state index in [0.29, 0.717) is 13.0 Å². The van der Waals surface area contributed by atoms with Crippen LogP contribution >= 0.6 is 0 Å². The summed E-state index contributed by atoms with van der Waals surface area (Å²) in [5, 5.41) is 0. The van der Waals surface area contributed by atoms with E-state index in [1.54, 1.807) is 18.4 Å². The Morgan fingerprint density at radius 3 is 3.15 bits per heavy atom. The van der Waals surface area contributed by atoms with Crippen molar-refractivity contribution in [1.29, 1.82) is 0 Å². The van der Waals surface area contributed by atoms with Crippen LogP contribution < -0.4 is 5.48 Å². The highest BCUT2D eigenvalue weighted by Crippen LogP contribution is 2.09. The molecule has 0 atom stereocenters. The van der Waals surface area contributed by atoms with E-state index in [2.05, 4.69) is 10.3 Å². The first-order chi connectivity index (χ1) is 6.34. The van der Waals surface area contributed by atoms with Crippen LogP contribution in [0.4, 0.5) is 0 Å². The Morgan fingerprint density at radius 2 is 2.46 bits per heavy atom. The number of carbonyl (C=O) groups is 1. The molecule has 13 heavy (non-hydrogen) atoms. The lowest BCUT2D eigenvalue weighted by atomic mass is 10.1. The van der Waals surface area contributed by atoms with Crippen molar-refractivity contribution in [2.45, 2.75) is 6.42 Å². The van der Waals surface area contributed by atoms with E-state index in [1.165, 1.54) is 7.11 Å². The van der Waals surface area contributed by atoms with Crippen molar-refractivity contribution in [3.63, 3.8) is 0 Å². The van der Waals surface area contributed by atoms with Crippen molar-refractivity contribution < 1.29 is 14.4 Å². The maximum atomic E-state index is 11.2. The number of hydrogen-bond acceptors (Lipinski definition) is 4. The van der Waals surface area contributed by atoms with Crippen LogP contribution in [-0.4, -0.2) is 26.1 Å². The predicted octanol–water partition coefficient (Wildman–Crippen LogP) is 0.567. The molecule has 72 valence electrons. The van der Waals surface area contributed by atoms with Gasteiger partial charge in [0.2, 0.25) is 0 Å². The third kappa shape index (κ3) is 3.40. The van der Waals surface area contributed by atoms with E-state index in [4.69, 9.17) is 4.74 Å². The Balaban J connectivity index is 2.43. The smallest absolute Gasteiger partial charge is 0.184 e. The molecule has 0 bridgehead atoms. The van der Waals surface area contributed by atoms with Crippen LogP contribution in [0.1, 0.15) is 6.42 Å². The van der Waals surface area contributed by atoms with Gasteiger partial charge in [0, 0.05) is 6.20 Å². The van der Waals surface area contributed by atoms with Gasteiger partial charge < -0.3 is 4.74 Å². The SMILES string of the molecule is CON/C=C\C=C1/CCOCC1=O. The average molecular weight is 183 g/mol. The summed E-state index contributed by atoms with van der Waals surface area (Å²) in [4.78, 5) is 15.8. The molecular formula is C9H13NO3. The van der Waals surface area contributed by atoms with Gasteiger partial charge in [-0.2, -0.15) is 0 Å². The largest absolute Gasteiger partial charge is 0.373 e. The Morgan fingerprint density at radius 1 is 1.62 bits per heavy atom. The van der Waals surface area contributed by atoms with Gasteiger partial charge in [-0.05, 0) is 18.1 Å². The second kappa shape index (κ2) is 5.50. The molecule has 0 unspecified atom stereocenters. The number of ketones is 1. The lowest BCUT2D eigenvalue weighted by Crippen LogP contribution is -2.19. The molecule has 0 aromatic rings. The van der Waals surface area contributed by atoms with Crippen molar-refractivity contribution in [1.82, 2.24) is 5.48 Å². The second-order valence-corrected chi connectivity index (χ2v) is 2.60. The van der Waals surface area contributed by atoms with Crippen LogP contribution in [0.2, 0.25) is 0 Å². The lowest BCUT2D eigenvalue weighted by molar-refractivity contribution is -0.122. The lowest BCUT2D eigenvalue weighted by Gasteiger charge is -2.12. The van der Waals surface area contributed by atoms with Crippen molar-refractivity contribution >= 4 is 5.78 Å². The summed E-state index contributed by atoms with van der Waals surface area (Å²) in [5.41, 5.74) is 3.34. The fourth-order valence-corrected chi connectivity index (χ4v) is 1.03. The van der Waals surface area contributed by atoms with E-state index < -0.39 is 0 Å². The van der Waals surface area contributed by atoms with Crippen molar-refractivity contribution in [2.75, 3.05) is 20.3 Å². The first-order valence-electron chi connectivity index (χ1n) is 4.09. The molecule has 1 saturated heterocycles. The molecule has 0 aliphatic carbocycles. The summed E-state index contributed by atoms with van der Waals surface area (Å²) >= 11 is 0. The van der Waals surface area contributed by atoms with Crippen molar-refractivity contribution in [2.24, 2.45) is 0 Å². The molecule has 1 aliphatic heterocycles. The summed E-state index contributed by atoms with van der Waals surface area (Å²) in [6.07, 6.45) is 5.82. The zero-order valence-electron chi connectivity index (χ0n) is 7.58. The first kappa shape index (κ1) is 9.95. The fourth-order valence-electron chi connectivity index (χ4n) is 1.03. The number of nitrogens with one attached hydrogen (secondary N) is 1. The molecule has 0 amide bonds. The highest BCUT2D eigenvalue weighted by molar-refractivity contribution is 5.97. The summed E-state index contributed by atoms with van der Waals surface area (Å²) in [5.74, 6) is 0.0633. The number of allylic oxidation sites excluding steroid dienone is 2. The van der Waals surface area contributed by atoms with Gasteiger partial charge >= 0.3 is 0 Å². The minimum atomic E-state index is 0.0633. The maximum absolute atomic E-state index is 11.2. The predicted molar refractivity (Wildman–Crippen MR) is 47.8 cm³/mol. The van der Waals surface area contributed by atoms with Crippen LogP contribution in [0, 0.1) is 0 Å². The van der Waals surface area contributed by atoms with Gasteiger partial charge in [-0.3, -0.25) is 15.1 Å². The summed E-state index contributed by atoms with van der Waals surface area (Å²) in [6.45, 7) is 0.834. The van der Waals surface area contributed by atoms with Crippen molar-refractivity contribution in [3.05, 3.63) is 23.9 Å². The molecule has 1 rings (SSSR count). The third-order valence-electron chi connectivity index (χ3n) is 1.69. The molecular weight excluding hydrogens is 170 g/mol. The van der Waals surface area contributed by atoms with E-state index in [1.807, 2.05) is 0 Å². The van der Waals surface area contributed by atoms with Crippen LogP contribution in [0.15, 0.2) is 23.9 Å². The van der Waals surface area contributed by atoms with Crippen LogP contribution in [0.5, 0.6) is 0 Å². The minimum absolute atomic E-state index is 0.0633. The third-order valence-corrected chi connectivity index (χ3v) is 1.69. The Bertz CT molecular complexity index is 233. The molecule has 0 aromatic heterocycles. The summed E-state index contributed by atoms with van der Waals surface area (Å²) in [7, 11) is 1.52. The Labute approximate surface area is 77.2 Å². The number of carbonyl (C=O) groups excluding carboxylic acids is 1. The Hall–Kier alpha value is -1.13. The molecule has 1 N–H and O–H groups in total. The van der Waals surface area contributed by atoms with Gasteiger partial charge in [-0.15, -0.1) is 0 Å². The van der Waals surface area contributed by atoms with Crippen LogP contribution in [0.25, 0.3) is 0 Å². The zero-order chi connectivity index (χ0) is 9.52. The van der Waals surface area contributed by atoms with Gasteiger partial charge in [0.05, 0.1) is 13.7 Å². The number of Topliss-reactive ketones (excluding diaryl/α,β-unsaturated/α-hetero) is 1. The average Bonchev–Trinajstić information content (AvgIpc) is 2.15. The van der Waals surface area contributed by atoms with E-state index >= 15 is 0 Å². The topological polar surface area (TPSA) is 47.6 Å². The number of hydroxylamine groups is 1. The molecule has 0 spiro atoms. The highest BCUT2D eigenvalue weighted by Gasteiger charge is 2.13. The number of rotatable bonds is 3. The Kier molecular flexibility index (Phi) is 4.21. The van der Waals surface area contributed by atoms with E-state index in [9.17, 15) is 4.79 Å². The summed E-state index contributed by atoms with van der Waals surface area (Å²) < 4.78 is 4.98. The van der Waals surface area contributed by atoms with Gasteiger partial charge in [-0.25, -0.2) is 0 Å². The standard InChI is InChI=1S/C9H13NO3/c1-12-10-5-2-3-8-4-6-13-7-9(8)11/h2-3,5,10H,4,6-7H2,1H3/b5-2-,8-3+. The monoisotopic (exact) mass is 183 g/mol. The summed E-state index contributed by atoms with van der Waals surface area (Å²) in [6, 6.07) is 0. The fraction of sp³-hybridized carbons (Fsp3) is 0.444. The molecule has 1 heterocycles. The van der Waals surface area contributed by atoms with E-state index in [-0.39, 0.29) is 12.4 Å². The van der Waals surface area contributed by atoms with Gasteiger partial charge in [0.15, 0.2) is 5.78 Å². The maximum Gasteiger partial charge on any atom is 0.184 e. The molecule has 4 nitrogen and oxygen atoms in total. The van der Waals surface area contributed by atoms with Gasteiger partial charge in [0.25, 0.3) is 0 Å². The molecule has 1 fully saturated rings. The quantitative estimate of drug-likeness (QED) is 0.513. The second-order valence-electron chi connectivity index (χ2n) is 2.60. The molecule has 0 aromatic carbocycles. The molecule has 0 radical (unpaired) electrons. The van der Waals surface area contributed by atoms with E-state index in [0.717, 1.165) is 5.57 Å². The van der Waals surface area contributed by atoms with Crippen LogP contribution in [0.3, 0.4) is 0 Å². The highest BCUT2D eigenvalue weighted by atomic mass is 16.6. The minimum Gasteiger partial charge on any atom is -0.373 e. The zero-order valence-corrected chi connectivity index (χ0v) is 7.58. The number of hydrogen-bond donors (Lipinski definition) is 1. The normalized spacial score (nSPS) is 21.3. The molecule has 1 aliphatic rings. The first-order valence-corrected chi connectivity index (χ1v) is 4.09. The molecule has 0 saturated carbocycles. The van der Waals surface area contributed by atoms with Crippen molar-refractivity contribution in [3.8, 4) is 0 Å². The van der Waals surface area contributed by atoms with Crippen LogP contribution in [-0.2, 0) is 14.4 Å². The number of ether oxygens (including phenoxy) is 1. The van der Waals surface area contributed by atoms with Gasteiger partial charge in [-0.1, -0.05) is 6.08 Å².